The predicted molar refractivity (Wildman–Crippen MR) is 79.1 cm³/mol. The van der Waals surface area contributed by atoms with Gasteiger partial charge in [-0.15, -0.1) is 0 Å². The second-order valence-corrected chi connectivity index (χ2v) is 5.01. The van der Waals surface area contributed by atoms with E-state index >= 15 is 0 Å². The highest BCUT2D eigenvalue weighted by atomic mass is 32.1. The zero-order chi connectivity index (χ0) is 15.0. The van der Waals surface area contributed by atoms with E-state index in [1.165, 1.54) is 6.07 Å². The summed E-state index contributed by atoms with van der Waals surface area (Å²) < 4.78 is 33.9. The number of aromatic nitrogens is 2. The van der Waals surface area contributed by atoms with Crippen molar-refractivity contribution in [1.29, 1.82) is 0 Å². The van der Waals surface area contributed by atoms with Gasteiger partial charge < -0.3 is 14.3 Å². The van der Waals surface area contributed by atoms with Gasteiger partial charge in [0.25, 0.3) is 0 Å². The van der Waals surface area contributed by atoms with E-state index in [4.69, 9.17) is 17.0 Å². The molecule has 108 valence electrons. The number of aromatic amines is 1. The lowest BCUT2D eigenvalue weighted by atomic mass is 10.2. The topological polar surface area (TPSA) is 29.9 Å². The number of ether oxygens (including phenoxy) is 1. The summed E-state index contributed by atoms with van der Waals surface area (Å²) in [5, 5.41) is 0. The molecule has 0 radical (unpaired) electrons. The minimum absolute atomic E-state index is 0.350. The van der Waals surface area contributed by atoms with Crippen molar-refractivity contribution in [3.05, 3.63) is 58.4 Å². The number of hydrogen-bond acceptors (Lipinski definition) is 2. The van der Waals surface area contributed by atoms with Gasteiger partial charge in [-0.25, -0.2) is 8.78 Å². The average Bonchev–Trinajstić information content (AvgIpc) is 2.79. The molecule has 0 spiro atoms. The first-order chi connectivity index (χ1) is 10.1. The number of nitrogens with zero attached hydrogens (tertiary/aromatic N) is 1. The van der Waals surface area contributed by atoms with Crippen LogP contribution in [0.4, 0.5) is 8.78 Å². The van der Waals surface area contributed by atoms with Gasteiger partial charge in [0, 0.05) is 0 Å². The Hall–Kier alpha value is -2.21. The number of H-pyrrole nitrogens is 1. The third kappa shape index (κ3) is 2.42. The van der Waals surface area contributed by atoms with Crippen LogP contribution >= 0.6 is 12.2 Å². The van der Waals surface area contributed by atoms with Gasteiger partial charge in [0.15, 0.2) is 16.4 Å². The highest BCUT2D eigenvalue weighted by Gasteiger charge is 2.10. The van der Waals surface area contributed by atoms with Gasteiger partial charge in [-0.3, -0.25) is 0 Å². The van der Waals surface area contributed by atoms with Gasteiger partial charge >= 0.3 is 0 Å². The number of para-hydroxylation sites is 1. The van der Waals surface area contributed by atoms with Crippen LogP contribution < -0.4 is 4.74 Å². The van der Waals surface area contributed by atoms with E-state index in [2.05, 4.69) is 4.98 Å². The van der Waals surface area contributed by atoms with E-state index in [1.807, 2.05) is 22.8 Å². The number of hydrogen-bond donors (Lipinski definition) is 1. The molecule has 3 nitrogen and oxygen atoms in total. The third-order valence-electron chi connectivity index (χ3n) is 3.32. The van der Waals surface area contributed by atoms with E-state index in [1.54, 1.807) is 13.2 Å². The van der Waals surface area contributed by atoms with Crippen LogP contribution in [0.3, 0.4) is 0 Å². The molecule has 0 fully saturated rings. The molecule has 0 aliphatic heterocycles. The Bertz CT molecular complexity index is 870. The Morgan fingerprint density at radius 1 is 1.19 bits per heavy atom. The largest absolute Gasteiger partial charge is 0.494 e. The number of halogens is 2. The van der Waals surface area contributed by atoms with E-state index in [-0.39, 0.29) is 0 Å². The van der Waals surface area contributed by atoms with Crippen LogP contribution in [-0.4, -0.2) is 16.7 Å². The Morgan fingerprint density at radius 2 is 2.00 bits per heavy atom. The molecule has 0 saturated carbocycles. The second-order valence-electron chi connectivity index (χ2n) is 4.62. The molecule has 0 unspecified atom stereocenters. The number of nitrogens with one attached hydrogen (secondary N) is 1. The zero-order valence-corrected chi connectivity index (χ0v) is 12.0. The highest BCUT2D eigenvalue weighted by Crippen LogP contribution is 2.25. The van der Waals surface area contributed by atoms with Gasteiger partial charge in [-0.2, -0.15) is 0 Å². The summed E-state index contributed by atoms with van der Waals surface area (Å²) in [5.41, 5.74) is 2.27. The van der Waals surface area contributed by atoms with Crippen LogP contribution in [0.25, 0.3) is 11.0 Å². The maximum absolute atomic E-state index is 13.3. The summed E-state index contributed by atoms with van der Waals surface area (Å²) in [6, 6.07) is 9.41. The van der Waals surface area contributed by atoms with E-state index in [0.717, 1.165) is 17.1 Å². The number of benzene rings is 2. The van der Waals surface area contributed by atoms with Crippen molar-refractivity contribution in [2.24, 2.45) is 0 Å². The quantitative estimate of drug-likeness (QED) is 0.740. The van der Waals surface area contributed by atoms with Crippen LogP contribution in [0.5, 0.6) is 5.75 Å². The highest BCUT2D eigenvalue weighted by molar-refractivity contribution is 7.71. The van der Waals surface area contributed by atoms with Gasteiger partial charge in [0.05, 0.1) is 19.2 Å². The molecule has 0 atom stereocenters. The van der Waals surface area contributed by atoms with Crippen molar-refractivity contribution in [3.63, 3.8) is 0 Å². The lowest BCUT2D eigenvalue weighted by Crippen LogP contribution is -2.00. The first kappa shape index (κ1) is 13.8. The van der Waals surface area contributed by atoms with E-state index in [0.29, 0.717) is 22.6 Å². The molecule has 6 heteroatoms. The van der Waals surface area contributed by atoms with Crippen molar-refractivity contribution >= 4 is 23.3 Å². The number of rotatable bonds is 3. The van der Waals surface area contributed by atoms with Crippen molar-refractivity contribution in [2.45, 2.75) is 6.54 Å². The summed E-state index contributed by atoms with van der Waals surface area (Å²) in [5.74, 6) is -1.04. The minimum atomic E-state index is -0.864. The molecule has 3 aromatic rings. The smallest absolute Gasteiger partial charge is 0.178 e. The zero-order valence-electron chi connectivity index (χ0n) is 11.2. The second kappa shape index (κ2) is 5.29. The first-order valence-electron chi connectivity index (χ1n) is 6.29. The molecule has 0 saturated heterocycles. The average molecular weight is 306 g/mol. The molecular weight excluding hydrogens is 294 g/mol. The monoisotopic (exact) mass is 306 g/mol. The summed E-state index contributed by atoms with van der Waals surface area (Å²) in [7, 11) is 1.58. The fraction of sp³-hybridized carbons (Fsp3) is 0.133. The fourth-order valence-electron chi connectivity index (χ4n) is 2.30. The Morgan fingerprint density at radius 3 is 2.71 bits per heavy atom. The molecule has 0 amide bonds. The molecule has 0 aliphatic rings. The maximum atomic E-state index is 13.3. The molecule has 1 heterocycles. The number of imidazole rings is 1. The van der Waals surface area contributed by atoms with Crippen LogP contribution in [0, 0.1) is 16.4 Å². The first-order valence-corrected chi connectivity index (χ1v) is 6.70. The SMILES string of the molecule is COc1cccc2c1[nH]c(=S)n2Cc1ccc(F)c(F)c1. The summed E-state index contributed by atoms with van der Waals surface area (Å²) in [6.07, 6.45) is 0. The normalized spacial score (nSPS) is 11.0. The van der Waals surface area contributed by atoms with Gasteiger partial charge in [-0.1, -0.05) is 12.1 Å². The van der Waals surface area contributed by atoms with Crippen molar-refractivity contribution in [2.75, 3.05) is 7.11 Å². The van der Waals surface area contributed by atoms with Crippen LogP contribution in [0.2, 0.25) is 0 Å². The molecule has 3 rings (SSSR count). The lowest BCUT2D eigenvalue weighted by molar-refractivity contribution is 0.419. The summed E-state index contributed by atoms with van der Waals surface area (Å²) in [4.78, 5) is 3.08. The Balaban J connectivity index is 2.10. The third-order valence-corrected chi connectivity index (χ3v) is 3.64. The van der Waals surface area contributed by atoms with Crippen molar-refractivity contribution < 1.29 is 13.5 Å². The Labute approximate surface area is 124 Å². The maximum Gasteiger partial charge on any atom is 0.178 e. The molecule has 1 N–H and O–H groups in total. The molecule has 1 aromatic heterocycles. The molecule has 0 bridgehead atoms. The molecule has 2 aromatic carbocycles. The standard InChI is InChI=1S/C15H12F2N2OS/c1-20-13-4-2-3-12-14(13)18-15(21)19(12)8-9-5-6-10(16)11(17)7-9/h2-7H,8H2,1H3,(H,18,21). The van der Waals surface area contributed by atoms with E-state index < -0.39 is 11.6 Å². The minimum Gasteiger partial charge on any atom is -0.494 e. The lowest BCUT2D eigenvalue weighted by Gasteiger charge is -2.06. The molecular formula is C15H12F2N2OS. The van der Waals surface area contributed by atoms with Crippen LogP contribution in [0.1, 0.15) is 5.56 Å². The Kier molecular flexibility index (Phi) is 3.47. The van der Waals surface area contributed by atoms with Crippen molar-refractivity contribution in [1.82, 2.24) is 9.55 Å². The molecule has 21 heavy (non-hydrogen) atoms. The van der Waals surface area contributed by atoms with Gasteiger partial charge in [-0.05, 0) is 42.0 Å². The van der Waals surface area contributed by atoms with Crippen LogP contribution in [-0.2, 0) is 6.54 Å². The predicted octanol–water partition coefficient (Wildman–Crippen LogP) is 4.03. The number of fused-ring (bicyclic) bond motifs is 1. The van der Waals surface area contributed by atoms with Crippen molar-refractivity contribution in [3.8, 4) is 5.75 Å². The summed E-state index contributed by atoms with van der Waals surface area (Å²) in [6.45, 7) is 0.350. The van der Waals surface area contributed by atoms with Gasteiger partial charge in [0.2, 0.25) is 0 Å². The van der Waals surface area contributed by atoms with Gasteiger partial charge in [0.1, 0.15) is 11.3 Å². The fourth-order valence-corrected chi connectivity index (χ4v) is 2.57. The number of methoxy groups -OCH3 is 1. The molecule has 0 aliphatic carbocycles. The van der Waals surface area contributed by atoms with Crippen LogP contribution in [0.15, 0.2) is 36.4 Å². The summed E-state index contributed by atoms with van der Waals surface area (Å²) >= 11 is 5.30. The van der Waals surface area contributed by atoms with E-state index in [9.17, 15) is 8.78 Å².